The normalized spacial score (nSPS) is 18.9. The minimum atomic E-state index is -1.03. The molecule has 20 heavy (non-hydrogen) atoms. The molecule has 1 aliphatic rings. The third-order valence-electron chi connectivity index (χ3n) is 3.38. The third kappa shape index (κ3) is 3.49. The molecule has 1 aromatic rings. The molecule has 0 spiro atoms. The molecule has 0 bridgehead atoms. The molecule has 0 radical (unpaired) electrons. The van der Waals surface area contributed by atoms with Crippen LogP contribution in [-0.4, -0.2) is 44.1 Å². The minimum Gasteiger partial charge on any atom is -0.465 e. The average Bonchev–Trinajstić information content (AvgIpc) is 3.07. The highest BCUT2D eigenvalue weighted by Crippen LogP contribution is 2.32. The lowest BCUT2D eigenvalue weighted by Crippen LogP contribution is -2.48. The van der Waals surface area contributed by atoms with Gasteiger partial charge in [0.05, 0.1) is 12.6 Å². The molecule has 1 aliphatic carbocycles. The summed E-state index contributed by atoms with van der Waals surface area (Å²) in [4.78, 5) is 11.7. The lowest BCUT2D eigenvalue weighted by Gasteiger charge is -2.21. The Morgan fingerprint density at radius 3 is 2.90 bits per heavy atom. The van der Waals surface area contributed by atoms with Crippen LogP contribution in [0.4, 0.5) is 0 Å². The molecule has 112 valence electrons. The lowest BCUT2D eigenvalue weighted by atomic mass is 10.1. The van der Waals surface area contributed by atoms with Crippen LogP contribution in [0.25, 0.3) is 0 Å². The van der Waals surface area contributed by atoms with Crippen molar-refractivity contribution < 1.29 is 9.53 Å². The Morgan fingerprint density at radius 1 is 1.55 bits per heavy atom. The van der Waals surface area contributed by atoms with Gasteiger partial charge in [0, 0.05) is 5.75 Å². The van der Waals surface area contributed by atoms with Crippen LogP contribution in [-0.2, 0) is 9.53 Å². The van der Waals surface area contributed by atoms with Gasteiger partial charge in [0.1, 0.15) is 5.54 Å². The van der Waals surface area contributed by atoms with Gasteiger partial charge in [-0.15, -0.1) is 5.10 Å². The number of rotatable bonds is 6. The van der Waals surface area contributed by atoms with Gasteiger partial charge in [-0.2, -0.15) is 0 Å². The van der Waals surface area contributed by atoms with Crippen molar-refractivity contribution >= 4 is 17.7 Å². The lowest BCUT2D eigenvalue weighted by molar-refractivity contribution is -0.148. The summed E-state index contributed by atoms with van der Waals surface area (Å²) in [5.74, 6) is -0.00811. The molecule has 2 N–H and O–H groups in total. The van der Waals surface area contributed by atoms with Crippen LogP contribution >= 0.6 is 11.8 Å². The van der Waals surface area contributed by atoms with Gasteiger partial charge < -0.3 is 10.5 Å². The van der Waals surface area contributed by atoms with E-state index in [4.69, 9.17) is 10.5 Å². The Hall–Kier alpha value is -1.15. The second-order valence-corrected chi connectivity index (χ2v) is 6.21. The molecule has 0 saturated heterocycles. The summed E-state index contributed by atoms with van der Waals surface area (Å²) < 4.78 is 6.83. The SMILES string of the molecule is CCOC(=O)C(C)(N)CSc1nnnn1C1CCCC1. The Labute approximate surface area is 122 Å². The van der Waals surface area contributed by atoms with Gasteiger partial charge in [-0.25, -0.2) is 4.68 Å². The number of carbonyl (C=O) groups is 1. The zero-order valence-electron chi connectivity index (χ0n) is 11.9. The largest absolute Gasteiger partial charge is 0.465 e. The van der Waals surface area contributed by atoms with Crippen LogP contribution in [0.1, 0.15) is 45.6 Å². The van der Waals surface area contributed by atoms with E-state index < -0.39 is 11.5 Å². The van der Waals surface area contributed by atoms with Crippen molar-refractivity contribution in [2.24, 2.45) is 5.73 Å². The van der Waals surface area contributed by atoms with Crippen molar-refractivity contribution in [3.05, 3.63) is 0 Å². The first-order valence-electron chi connectivity index (χ1n) is 6.91. The molecular formula is C12H21N5O2S. The van der Waals surface area contributed by atoms with Crippen LogP contribution in [0.5, 0.6) is 0 Å². The summed E-state index contributed by atoms with van der Waals surface area (Å²) in [6.45, 7) is 3.76. The van der Waals surface area contributed by atoms with Crippen molar-refractivity contribution in [2.75, 3.05) is 12.4 Å². The summed E-state index contributed by atoms with van der Waals surface area (Å²) in [5, 5.41) is 12.5. The zero-order chi connectivity index (χ0) is 14.6. The van der Waals surface area contributed by atoms with Crippen molar-refractivity contribution in [3.63, 3.8) is 0 Å². The first-order chi connectivity index (χ1) is 9.54. The van der Waals surface area contributed by atoms with Gasteiger partial charge in [0.25, 0.3) is 0 Å². The Kier molecular flexibility index (Phi) is 4.98. The number of ether oxygens (including phenoxy) is 1. The molecule has 1 atom stereocenters. The van der Waals surface area contributed by atoms with Crippen LogP contribution in [0.15, 0.2) is 5.16 Å². The van der Waals surface area contributed by atoms with Gasteiger partial charge in [0.15, 0.2) is 0 Å². The highest BCUT2D eigenvalue weighted by Gasteiger charge is 2.31. The summed E-state index contributed by atoms with van der Waals surface area (Å²) in [6, 6.07) is 0.374. The van der Waals surface area contributed by atoms with Crippen LogP contribution in [0.2, 0.25) is 0 Å². The van der Waals surface area contributed by atoms with Crippen molar-refractivity contribution in [2.45, 2.75) is 56.3 Å². The van der Waals surface area contributed by atoms with Gasteiger partial charge in [-0.1, -0.05) is 24.6 Å². The molecule has 0 amide bonds. The molecule has 0 aliphatic heterocycles. The van der Waals surface area contributed by atoms with Crippen molar-refractivity contribution in [3.8, 4) is 0 Å². The van der Waals surface area contributed by atoms with E-state index in [0.29, 0.717) is 18.4 Å². The Bertz CT molecular complexity index is 456. The molecule has 8 heteroatoms. The molecule has 1 heterocycles. The monoisotopic (exact) mass is 299 g/mol. The minimum absolute atomic E-state index is 0.329. The van der Waals surface area contributed by atoms with Crippen molar-refractivity contribution in [1.82, 2.24) is 20.2 Å². The third-order valence-corrected chi connectivity index (χ3v) is 4.65. The highest BCUT2D eigenvalue weighted by molar-refractivity contribution is 7.99. The fourth-order valence-electron chi connectivity index (χ4n) is 2.23. The van der Waals surface area contributed by atoms with Gasteiger partial charge in [-0.05, 0) is 37.1 Å². The number of hydrogen-bond donors (Lipinski definition) is 1. The fraction of sp³-hybridized carbons (Fsp3) is 0.833. The Morgan fingerprint density at radius 2 is 2.25 bits per heavy atom. The van der Waals surface area contributed by atoms with E-state index in [-0.39, 0.29) is 0 Å². The van der Waals surface area contributed by atoms with Gasteiger partial charge in [0.2, 0.25) is 5.16 Å². The number of thioether (sulfide) groups is 1. The molecule has 1 saturated carbocycles. The summed E-state index contributed by atoms with van der Waals surface area (Å²) in [6.07, 6.45) is 4.64. The molecule has 0 aromatic carbocycles. The standard InChI is InChI=1S/C12H21N5O2S/c1-3-19-10(18)12(2,13)8-20-11-14-15-16-17(11)9-6-4-5-7-9/h9H,3-8,13H2,1-2H3. The smallest absolute Gasteiger partial charge is 0.326 e. The van der Waals surface area contributed by atoms with E-state index in [1.165, 1.54) is 24.6 Å². The van der Waals surface area contributed by atoms with E-state index >= 15 is 0 Å². The predicted octanol–water partition coefficient (Wildman–Crippen LogP) is 1.16. The van der Waals surface area contributed by atoms with E-state index in [1.54, 1.807) is 13.8 Å². The van der Waals surface area contributed by atoms with E-state index in [1.807, 2.05) is 4.68 Å². The maximum atomic E-state index is 11.7. The predicted molar refractivity (Wildman–Crippen MR) is 75.3 cm³/mol. The summed E-state index contributed by atoms with van der Waals surface area (Å²) in [5.41, 5.74) is 4.96. The maximum Gasteiger partial charge on any atom is 0.326 e. The van der Waals surface area contributed by atoms with Gasteiger partial charge >= 0.3 is 5.97 Å². The molecule has 2 rings (SSSR count). The molecule has 1 fully saturated rings. The second kappa shape index (κ2) is 6.53. The highest BCUT2D eigenvalue weighted by atomic mass is 32.2. The molecular weight excluding hydrogens is 278 g/mol. The number of hydrogen-bond acceptors (Lipinski definition) is 7. The molecule has 1 unspecified atom stereocenters. The van der Waals surface area contributed by atoms with E-state index in [2.05, 4.69) is 15.5 Å². The number of carbonyl (C=O) groups excluding carboxylic acids is 1. The molecule has 7 nitrogen and oxygen atoms in total. The topological polar surface area (TPSA) is 95.9 Å². The van der Waals surface area contributed by atoms with Gasteiger partial charge in [-0.3, -0.25) is 4.79 Å². The second-order valence-electron chi connectivity index (χ2n) is 5.27. The number of tetrazole rings is 1. The molecule has 1 aromatic heterocycles. The van der Waals surface area contributed by atoms with Crippen molar-refractivity contribution in [1.29, 1.82) is 0 Å². The van der Waals surface area contributed by atoms with Crippen LogP contribution < -0.4 is 5.73 Å². The van der Waals surface area contributed by atoms with Crippen LogP contribution in [0, 0.1) is 0 Å². The fourth-order valence-corrected chi connectivity index (χ4v) is 3.19. The zero-order valence-corrected chi connectivity index (χ0v) is 12.7. The van der Waals surface area contributed by atoms with E-state index in [0.717, 1.165) is 18.0 Å². The first kappa shape index (κ1) is 15.2. The Balaban J connectivity index is 1.97. The number of nitrogens with zero attached hydrogens (tertiary/aromatic N) is 4. The first-order valence-corrected chi connectivity index (χ1v) is 7.90. The number of nitrogens with two attached hydrogens (primary N) is 1. The quantitative estimate of drug-likeness (QED) is 0.622. The number of aromatic nitrogens is 4. The number of esters is 1. The summed E-state index contributed by atoms with van der Waals surface area (Å²) >= 11 is 1.40. The maximum absolute atomic E-state index is 11.7. The average molecular weight is 299 g/mol. The summed E-state index contributed by atoms with van der Waals surface area (Å²) in [7, 11) is 0. The van der Waals surface area contributed by atoms with E-state index in [9.17, 15) is 4.79 Å². The van der Waals surface area contributed by atoms with Crippen LogP contribution in [0.3, 0.4) is 0 Å².